The second-order valence-corrected chi connectivity index (χ2v) is 3.78. The van der Waals surface area contributed by atoms with Crippen LogP contribution in [-0.2, 0) is 5.41 Å². The molecule has 0 heterocycles. The third-order valence-electron chi connectivity index (χ3n) is 3.00. The van der Waals surface area contributed by atoms with Gasteiger partial charge in [0.2, 0.25) is 0 Å². The molecule has 0 saturated heterocycles. The highest BCUT2D eigenvalue weighted by molar-refractivity contribution is 5.28. The van der Waals surface area contributed by atoms with Crippen molar-refractivity contribution in [3.05, 3.63) is 35.6 Å². The topological polar surface area (TPSA) is 0 Å². The van der Waals surface area contributed by atoms with Gasteiger partial charge >= 0.3 is 0 Å². The first-order valence-electron chi connectivity index (χ1n) is 4.59. The number of benzene rings is 1. The molecule has 1 fully saturated rings. The molecule has 2 rings (SSSR count). The molecule has 0 aromatic heterocycles. The second kappa shape index (κ2) is 3.09. The zero-order valence-electron chi connectivity index (χ0n) is 7.39. The first kappa shape index (κ1) is 8.67. The summed E-state index contributed by atoms with van der Waals surface area (Å²) in [6, 6.07) is 6.33. The molecule has 0 N–H and O–H groups in total. The maximum atomic E-state index is 12.9. The number of hydrogen-bond acceptors (Lipinski definition) is 0. The van der Waals surface area contributed by atoms with Crippen LogP contribution in [0, 0.1) is 5.82 Å². The van der Waals surface area contributed by atoms with Crippen molar-refractivity contribution in [3.63, 3.8) is 0 Å². The Morgan fingerprint density at radius 2 is 2.08 bits per heavy atom. The summed E-state index contributed by atoms with van der Waals surface area (Å²) in [5.41, 5.74) is 0.462. The molecule has 0 unspecified atom stereocenters. The maximum absolute atomic E-state index is 12.9. The van der Waals surface area contributed by atoms with Crippen LogP contribution in [0.3, 0.4) is 0 Å². The van der Waals surface area contributed by atoms with E-state index in [1.54, 1.807) is 6.07 Å². The molecule has 13 heavy (non-hydrogen) atoms. The highest BCUT2D eigenvalue weighted by Gasteiger charge is 2.38. The average Bonchev–Trinajstić information content (AvgIpc) is 2.03. The number of rotatable bonds is 2. The number of hydrogen-bond donors (Lipinski definition) is 0. The normalized spacial score (nSPS) is 19.5. The first-order chi connectivity index (χ1) is 6.27. The Labute approximate surface area is 76.6 Å². The summed E-state index contributed by atoms with van der Waals surface area (Å²) in [6.45, 7) is -0.365. The number of halogens is 2. The molecule has 1 aliphatic rings. The molecule has 0 aliphatic heterocycles. The number of alkyl halides is 1. The standard InChI is InChI=1S/C11H12F2/c12-8-11(5-2-6-11)9-3-1-4-10(13)7-9/h1,3-4,7H,2,5-6,8H2. The third kappa shape index (κ3) is 1.34. The molecule has 1 aliphatic carbocycles. The molecule has 2 heteroatoms. The molecular formula is C11H12F2. The molecule has 1 saturated carbocycles. The van der Waals surface area contributed by atoms with Gasteiger partial charge < -0.3 is 0 Å². The summed E-state index contributed by atoms with van der Waals surface area (Å²) in [7, 11) is 0. The predicted molar refractivity (Wildman–Crippen MR) is 47.9 cm³/mol. The average molecular weight is 182 g/mol. The van der Waals surface area contributed by atoms with E-state index < -0.39 is 0 Å². The zero-order chi connectivity index (χ0) is 9.31. The fourth-order valence-electron chi connectivity index (χ4n) is 1.92. The maximum Gasteiger partial charge on any atom is 0.123 e. The largest absolute Gasteiger partial charge is 0.250 e. The van der Waals surface area contributed by atoms with Crippen molar-refractivity contribution in [2.45, 2.75) is 24.7 Å². The van der Waals surface area contributed by atoms with Crippen LogP contribution in [-0.4, -0.2) is 6.67 Å². The van der Waals surface area contributed by atoms with E-state index in [4.69, 9.17) is 0 Å². The molecule has 1 aromatic carbocycles. The summed E-state index contributed by atoms with van der Waals surface area (Å²) in [4.78, 5) is 0. The van der Waals surface area contributed by atoms with Crippen molar-refractivity contribution < 1.29 is 8.78 Å². The van der Waals surface area contributed by atoms with E-state index in [2.05, 4.69) is 0 Å². The van der Waals surface area contributed by atoms with Gasteiger partial charge in [-0.2, -0.15) is 0 Å². The lowest BCUT2D eigenvalue weighted by Gasteiger charge is -2.40. The van der Waals surface area contributed by atoms with Gasteiger partial charge in [0.25, 0.3) is 0 Å². The highest BCUT2D eigenvalue weighted by atomic mass is 19.1. The van der Waals surface area contributed by atoms with Gasteiger partial charge in [0.1, 0.15) is 5.82 Å². The molecule has 0 atom stereocenters. The van der Waals surface area contributed by atoms with Gasteiger partial charge in [-0.15, -0.1) is 0 Å². The minimum atomic E-state index is -0.365. The van der Waals surface area contributed by atoms with E-state index >= 15 is 0 Å². The molecule has 0 spiro atoms. The first-order valence-corrected chi connectivity index (χ1v) is 4.59. The van der Waals surface area contributed by atoms with Gasteiger partial charge in [0.15, 0.2) is 0 Å². The Bertz CT molecular complexity index is 297. The van der Waals surface area contributed by atoms with Crippen LogP contribution in [0.15, 0.2) is 24.3 Å². The minimum absolute atomic E-state index is 0.266. The van der Waals surface area contributed by atoms with E-state index in [1.165, 1.54) is 12.1 Å². The molecule has 70 valence electrons. The van der Waals surface area contributed by atoms with Crippen molar-refractivity contribution in [3.8, 4) is 0 Å². The zero-order valence-corrected chi connectivity index (χ0v) is 7.39. The van der Waals surface area contributed by atoms with Crippen LogP contribution in [0.5, 0.6) is 0 Å². The van der Waals surface area contributed by atoms with E-state index in [0.29, 0.717) is 0 Å². The lowest BCUT2D eigenvalue weighted by molar-refractivity contribution is 0.184. The third-order valence-corrected chi connectivity index (χ3v) is 3.00. The SMILES string of the molecule is FCC1(c2cccc(F)c2)CCC1. The van der Waals surface area contributed by atoms with Crippen molar-refractivity contribution in [1.82, 2.24) is 0 Å². The van der Waals surface area contributed by atoms with Crippen molar-refractivity contribution in [2.75, 3.05) is 6.67 Å². The van der Waals surface area contributed by atoms with E-state index in [9.17, 15) is 8.78 Å². The summed E-state index contributed by atoms with van der Waals surface area (Å²) < 4.78 is 25.7. The van der Waals surface area contributed by atoms with Gasteiger partial charge in [-0.1, -0.05) is 18.6 Å². The van der Waals surface area contributed by atoms with Gasteiger partial charge in [-0.05, 0) is 30.5 Å². The summed E-state index contributed by atoms with van der Waals surface area (Å²) in [5, 5.41) is 0. The minimum Gasteiger partial charge on any atom is -0.250 e. The summed E-state index contributed by atoms with van der Waals surface area (Å²) in [5.74, 6) is -0.266. The van der Waals surface area contributed by atoms with Gasteiger partial charge in [-0.3, -0.25) is 4.39 Å². The van der Waals surface area contributed by atoms with Gasteiger partial charge in [0, 0.05) is 5.41 Å². The fourth-order valence-corrected chi connectivity index (χ4v) is 1.92. The van der Waals surface area contributed by atoms with Crippen molar-refractivity contribution >= 4 is 0 Å². The molecule has 0 nitrogen and oxygen atoms in total. The summed E-state index contributed by atoms with van der Waals surface area (Å²) in [6.07, 6.45) is 2.76. The molecule has 1 aromatic rings. The lowest BCUT2D eigenvalue weighted by Crippen LogP contribution is -2.36. The smallest absolute Gasteiger partial charge is 0.123 e. The van der Waals surface area contributed by atoms with E-state index in [-0.39, 0.29) is 17.9 Å². The Morgan fingerprint density at radius 3 is 2.54 bits per heavy atom. The summed E-state index contributed by atoms with van der Waals surface area (Å²) >= 11 is 0. The Kier molecular flexibility index (Phi) is 2.06. The predicted octanol–water partition coefficient (Wildman–Crippen LogP) is 3.22. The Hall–Kier alpha value is -0.920. The second-order valence-electron chi connectivity index (χ2n) is 3.78. The molecular weight excluding hydrogens is 170 g/mol. The molecule has 0 bridgehead atoms. The van der Waals surface area contributed by atoms with E-state index in [0.717, 1.165) is 24.8 Å². The van der Waals surface area contributed by atoms with Crippen LogP contribution in [0.2, 0.25) is 0 Å². The lowest BCUT2D eigenvalue weighted by atomic mass is 9.65. The van der Waals surface area contributed by atoms with E-state index in [1.807, 2.05) is 6.07 Å². The van der Waals surface area contributed by atoms with Crippen LogP contribution in [0.1, 0.15) is 24.8 Å². The fraction of sp³-hybridized carbons (Fsp3) is 0.455. The Morgan fingerprint density at radius 1 is 1.31 bits per heavy atom. The van der Waals surface area contributed by atoms with Crippen molar-refractivity contribution in [1.29, 1.82) is 0 Å². The van der Waals surface area contributed by atoms with Crippen LogP contribution in [0.4, 0.5) is 8.78 Å². The highest BCUT2D eigenvalue weighted by Crippen LogP contribution is 2.44. The quantitative estimate of drug-likeness (QED) is 0.658. The molecule has 0 radical (unpaired) electrons. The van der Waals surface area contributed by atoms with Gasteiger partial charge in [0.05, 0.1) is 6.67 Å². The van der Waals surface area contributed by atoms with Crippen LogP contribution in [0.25, 0.3) is 0 Å². The Balaban J connectivity index is 2.33. The monoisotopic (exact) mass is 182 g/mol. The van der Waals surface area contributed by atoms with Crippen LogP contribution >= 0.6 is 0 Å². The van der Waals surface area contributed by atoms with Gasteiger partial charge in [-0.25, -0.2) is 4.39 Å². The van der Waals surface area contributed by atoms with Crippen molar-refractivity contribution in [2.24, 2.45) is 0 Å². The van der Waals surface area contributed by atoms with Crippen LogP contribution < -0.4 is 0 Å². The molecule has 0 amide bonds.